The van der Waals surface area contributed by atoms with Crippen LogP contribution in [0.2, 0.25) is 0 Å². The summed E-state index contributed by atoms with van der Waals surface area (Å²) >= 11 is 0. The number of rotatable bonds is 0. The standard InChI is InChI=1S/3FH.5Na.5H/h3*1H;;;;;;;;;;. The van der Waals surface area contributed by atoms with Gasteiger partial charge >= 0.3 is 148 Å². The maximum atomic E-state index is 0. The van der Waals surface area contributed by atoms with Crippen molar-refractivity contribution < 1.29 is 14.1 Å². The third-order valence-electron chi connectivity index (χ3n) is 0. The van der Waals surface area contributed by atoms with Gasteiger partial charge < -0.3 is 0 Å². The first kappa shape index (κ1) is 77.5. The van der Waals surface area contributed by atoms with E-state index in [0.717, 1.165) is 0 Å². The Kier molecular flexibility index (Phi) is 579. The molecule has 0 N–H and O–H groups in total. The second kappa shape index (κ2) is 59.8. The Hall–Kier alpha value is 4.79. The molecule has 0 saturated carbocycles. The molecule has 8 heteroatoms. The molecule has 0 aromatic heterocycles. The van der Waals surface area contributed by atoms with Crippen LogP contribution in [0.1, 0.15) is 0 Å². The number of hydrogen-bond donors (Lipinski definition) is 0. The van der Waals surface area contributed by atoms with E-state index in [-0.39, 0.29) is 162 Å². The van der Waals surface area contributed by atoms with Gasteiger partial charge in [-0.25, -0.2) is 0 Å². The predicted octanol–water partition coefficient (Wildman–Crippen LogP) is -2.79. The van der Waals surface area contributed by atoms with Crippen molar-refractivity contribution in [3.05, 3.63) is 0 Å². The van der Waals surface area contributed by atoms with Crippen LogP contribution in [-0.2, 0) is 0 Å². The maximum absolute atomic E-state index is 0. The fourth-order valence-electron chi connectivity index (χ4n) is 0. The van der Waals surface area contributed by atoms with E-state index in [1.54, 1.807) is 0 Å². The molecular weight excluding hydrogens is 172 g/mol. The van der Waals surface area contributed by atoms with Crippen LogP contribution in [0.5, 0.6) is 0 Å². The van der Waals surface area contributed by atoms with Gasteiger partial charge in [0.25, 0.3) is 0 Å². The van der Waals surface area contributed by atoms with Gasteiger partial charge in [-0.2, -0.15) is 0 Å². The average Bonchev–Trinajstić information content (AvgIpc) is 0. The molecule has 0 heterocycles. The summed E-state index contributed by atoms with van der Waals surface area (Å²) in [7, 11) is 0. The SMILES string of the molecule is F.F.F.[NaH].[NaH].[NaH].[NaH].[NaH]. The topological polar surface area (TPSA) is 0 Å². The summed E-state index contributed by atoms with van der Waals surface area (Å²) in [6, 6.07) is 0. The van der Waals surface area contributed by atoms with E-state index in [9.17, 15) is 0 Å². The van der Waals surface area contributed by atoms with Crippen molar-refractivity contribution in [1.82, 2.24) is 0 Å². The zero-order valence-electron chi connectivity index (χ0n) is 1.22. The molecule has 0 nitrogen and oxygen atoms in total. The molecule has 8 heavy (non-hydrogen) atoms. The molecule has 0 rings (SSSR count). The minimum absolute atomic E-state index is 0. The first-order valence-corrected chi connectivity index (χ1v) is 0. The average molecular weight is 180 g/mol. The van der Waals surface area contributed by atoms with E-state index in [1.165, 1.54) is 0 Å². The molecule has 0 bridgehead atoms. The Morgan fingerprint density at radius 3 is 0.250 bits per heavy atom. The van der Waals surface area contributed by atoms with Crippen molar-refractivity contribution in [3.8, 4) is 0 Å². The van der Waals surface area contributed by atoms with Crippen molar-refractivity contribution in [2.45, 2.75) is 0 Å². The van der Waals surface area contributed by atoms with Gasteiger partial charge in [-0.3, -0.25) is 14.1 Å². The van der Waals surface area contributed by atoms with Crippen LogP contribution >= 0.6 is 0 Å². The van der Waals surface area contributed by atoms with E-state index in [0.29, 0.717) is 0 Å². The molecule has 0 aliphatic heterocycles. The van der Waals surface area contributed by atoms with Crippen LogP contribution in [0.4, 0.5) is 14.1 Å². The molecule has 0 radical (unpaired) electrons. The molecule has 0 aliphatic rings. The third-order valence-corrected chi connectivity index (χ3v) is 0. The Balaban J connectivity index is 0. The molecule has 0 saturated heterocycles. The van der Waals surface area contributed by atoms with E-state index >= 15 is 0 Å². The van der Waals surface area contributed by atoms with E-state index < -0.39 is 0 Å². The van der Waals surface area contributed by atoms with Gasteiger partial charge in [0.2, 0.25) is 0 Å². The number of hydrogen-bond acceptors (Lipinski definition) is 0. The van der Waals surface area contributed by atoms with E-state index in [2.05, 4.69) is 0 Å². The Morgan fingerprint density at radius 2 is 0.250 bits per heavy atom. The molecule has 0 amide bonds. The third kappa shape index (κ3) is 45.1. The zero-order chi connectivity index (χ0) is 0. The molecule has 0 fully saturated rings. The van der Waals surface area contributed by atoms with Crippen molar-refractivity contribution >= 4 is 148 Å². The fraction of sp³-hybridized carbons (Fsp3) is 0. The molecule has 0 unspecified atom stereocenters. The summed E-state index contributed by atoms with van der Waals surface area (Å²) < 4.78 is 0. The normalized spacial score (nSPS) is 0. The van der Waals surface area contributed by atoms with Crippen LogP contribution in [-0.4, -0.2) is 148 Å². The van der Waals surface area contributed by atoms with Gasteiger partial charge in [0.05, 0.1) is 0 Å². The van der Waals surface area contributed by atoms with Crippen LogP contribution in [0.3, 0.4) is 0 Å². The summed E-state index contributed by atoms with van der Waals surface area (Å²) in [5.74, 6) is 0. The monoisotopic (exact) mass is 180 g/mol. The fourth-order valence-corrected chi connectivity index (χ4v) is 0. The van der Waals surface area contributed by atoms with Crippen LogP contribution < -0.4 is 0 Å². The first-order chi connectivity index (χ1) is 0. The van der Waals surface area contributed by atoms with Crippen LogP contribution in [0, 0.1) is 0 Å². The number of halogens is 3. The Morgan fingerprint density at radius 1 is 0.250 bits per heavy atom. The van der Waals surface area contributed by atoms with Gasteiger partial charge in [-0.15, -0.1) is 0 Å². The van der Waals surface area contributed by atoms with E-state index in [4.69, 9.17) is 0 Å². The molecular formula is H8F3Na5. The Labute approximate surface area is 158 Å². The van der Waals surface area contributed by atoms with Crippen LogP contribution in [0.25, 0.3) is 0 Å². The van der Waals surface area contributed by atoms with Gasteiger partial charge in [0.15, 0.2) is 0 Å². The molecule has 0 spiro atoms. The van der Waals surface area contributed by atoms with Gasteiger partial charge in [-0.1, -0.05) is 0 Å². The van der Waals surface area contributed by atoms with Crippen molar-refractivity contribution in [2.75, 3.05) is 0 Å². The van der Waals surface area contributed by atoms with Crippen molar-refractivity contribution in [3.63, 3.8) is 0 Å². The van der Waals surface area contributed by atoms with Gasteiger partial charge in [0.1, 0.15) is 0 Å². The zero-order valence-corrected chi connectivity index (χ0v) is 1.22. The quantitative estimate of drug-likeness (QED) is 0.353. The van der Waals surface area contributed by atoms with E-state index in [1.807, 2.05) is 0 Å². The van der Waals surface area contributed by atoms with Gasteiger partial charge in [-0.05, 0) is 0 Å². The second-order valence-electron chi connectivity index (χ2n) is 0. The van der Waals surface area contributed by atoms with Gasteiger partial charge in [0, 0.05) is 0 Å². The molecule has 0 aromatic carbocycles. The molecule has 0 atom stereocenters. The van der Waals surface area contributed by atoms with Crippen molar-refractivity contribution in [1.29, 1.82) is 0 Å². The molecule has 0 aromatic rings. The summed E-state index contributed by atoms with van der Waals surface area (Å²) in [6.07, 6.45) is 0. The summed E-state index contributed by atoms with van der Waals surface area (Å²) in [5, 5.41) is 0. The summed E-state index contributed by atoms with van der Waals surface area (Å²) in [6.45, 7) is 0. The molecule has 34 valence electrons. The minimum atomic E-state index is 0. The first-order valence-electron chi connectivity index (χ1n) is 0. The van der Waals surface area contributed by atoms with Crippen LogP contribution in [0.15, 0.2) is 0 Å². The second-order valence-corrected chi connectivity index (χ2v) is 0. The predicted molar refractivity (Wildman–Crippen MR) is 43.3 cm³/mol. The van der Waals surface area contributed by atoms with Crippen molar-refractivity contribution in [2.24, 2.45) is 0 Å². The summed E-state index contributed by atoms with van der Waals surface area (Å²) in [5.41, 5.74) is 0. The molecule has 0 aliphatic carbocycles. The Bertz CT molecular complexity index is 7.64. The summed E-state index contributed by atoms with van der Waals surface area (Å²) in [4.78, 5) is 0.